The van der Waals surface area contributed by atoms with Gasteiger partial charge in [0.25, 0.3) is 0 Å². The Morgan fingerprint density at radius 1 is 1.38 bits per heavy atom. The minimum absolute atomic E-state index is 0.0697. The highest BCUT2D eigenvalue weighted by molar-refractivity contribution is 7.88. The van der Waals surface area contributed by atoms with Crippen molar-refractivity contribution in [3.8, 4) is 0 Å². The van der Waals surface area contributed by atoms with Gasteiger partial charge in [-0.05, 0) is 57.2 Å². The Kier molecular flexibility index (Phi) is 6.93. The van der Waals surface area contributed by atoms with Gasteiger partial charge in [0, 0.05) is 24.7 Å². The SMILES string of the molecule is CC(C)(C)OC(=O)NC[C@H]1CCCN(S(=O)(=O)Cc2cccc(Cl)c2)C1. The van der Waals surface area contributed by atoms with Crippen molar-refractivity contribution in [3.63, 3.8) is 0 Å². The van der Waals surface area contributed by atoms with Crippen LogP contribution in [0.1, 0.15) is 39.2 Å². The number of ether oxygens (including phenoxy) is 1. The summed E-state index contributed by atoms with van der Waals surface area (Å²) in [7, 11) is -3.42. The standard InChI is InChI=1S/C18H27ClN2O4S/c1-18(2,3)25-17(22)20-11-15-7-5-9-21(12-15)26(23,24)13-14-6-4-8-16(19)10-14/h4,6,8,10,15H,5,7,9,11-13H2,1-3H3,(H,20,22)/t15-/m1/s1. The lowest BCUT2D eigenvalue weighted by molar-refractivity contribution is 0.0513. The van der Waals surface area contributed by atoms with Crippen molar-refractivity contribution in [1.82, 2.24) is 9.62 Å². The lowest BCUT2D eigenvalue weighted by atomic mass is 10.00. The molecule has 0 saturated carbocycles. The second kappa shape index (κ2) is 8.59. The Morgan fingerprint density at radius 2 is 2.12 bits per heavy atom. The summed E-state index contributed by atoms with van der Waals surface area (Å²) in [5.74, 6) is 0.00478. The van der Waals surface area contributed by atoms with E-state index in [-0.39, 0.29) is 11.7 Å². The quantitative estimate of drug-likeness (QED) is 0.818. The van der Waals surface area contributed by atoms with Crippen LogP contribution in [0.25, 0.3) is 0 Å². The average Bonchev–Trinajstić information content (AvgIpc) is 2.51. The number of hydrogen-bond donors (Lipinski definition) is 1. The number of carbonyl (C=O) groups is 1. The first kappa shape index (κ1) is 21.0. The van der Waals surface area contributed by atoms with Crippen molar-refractivity contribution in [2.75, 3.05) is 19.6 Å². The van der Waals surface area contributed by atoms with E-state index in [0.717, 1.165) is 12.8 Å². The number of sulfonamides is 1. The van der Waals surface area contributed by atoms with Crippen molar-refractivity contribution < 1.29 is 17.9 Å². The second-order valence-electron chi connectivity index (χ2n) is 7.64. The fourth-order valence-corrected chi connectivity index (χ4v) is 4.76. The van der Waals surface area contributed by atoms with E-state index in [1.165, 1.54) is 4.31 Å². The Labute approximate surface area is 160 Å². The van der Waals surface area contributed by atoms with Crippen molar-refractivity contribution in [3.05, 3.63) is 34.9 Å². The summed E-state index contributed by atoms with van der Waals surface area (Å²) in [5, 5.41) is 3.26. The van der Waals surface area contributed by atoms with Crippen LogP contribution < -0.4 is 5.32 Å². The zero-order chi connectivity index (χ0) is 19.4. The molecular formula is C18H27ClN2O4S. The van der Waals surface area contributed by atoms with Crippen LogP contribution in [0.5, 0.6) is 0 Å². The van der Waals surface area contributed by atoms with Crippen LogP contribution in [0.4, 0.5) is 4.79 Å². The van der Waals surface area contributed by atoms with Crippen molar-refractivity contribution in [2.24, 2.45) is 5.92 Å². The van der Waals surface area contributed by atoms with Crippen LogP contribution in [0.3, 0.4) is 0 Å². The maximum Gasteiger partial charge on any atom is 0.407 e. The summed E-state index contributed by atoms with van der Waals surface area (Å²) in [5.41, 5.74) is 0.120. The van der Waals surface area contributed by atoms with E-state index in [0.29, 0.717) is 30.2 Å². The fraction of sp³-hybridized carbons (Fsp3) is 0.611. The molecule has 1 atom stereocenters. The van der Waals surface area contributed by atoms with E-state index < -0.39 is 21.7 Å². The number of hydrogen-bond acceptors (Lipinski definition) is 4. The number of piperidine rings is 1. The number of nitrogens with zero attached hydrogens (tertiary/aromatic N) is 1. The molecule has 1 fully saturated rings. The van der Waals surface area contributed by atoms with Crippen LogP contribution in [0.15, 0.2) is 24.3 Å². The number of benzene rings is 1. The number of alkyl carbamates (subject to hydrolysis) is 1. The smallest absolute Gasteiger partial charge is 0.407 e. The van der Waals surface area contributed by atoms with Crippen LogP contribution in [-0.2, 0) is 20.5 Å². The third-order valence-corrected chi connectivity index (χ3v) is 6.10. The van der Waals surface area contributed by atoms with Crippen LogP contribution in [0, 0.1) is 5.92 Å². The summed E-state index contributed by atoms with van der Waals surface area (Å²) in [6, 6.07) is 6.90. The van der Waals surface area contributed by atoms with Gasteiger partial charge in [0.2, 0.25) is 10.0 Å². The second-order valence-corrected chi connectivity index (χ2v) is 10.0. The molecule has 1 aromatic rings. The molecule has 1 aliphatic heterocycles. The van der Waals surface area contributed by atoms with Gasteiger partial charge >= 0.3 is 6.09 Å². The molecule has 0 spiro atoms. The molecule has 1 aliphatic rings. The van der Waals surface area contributed by atoms with Crippen LogP contribution in [-0.4, -0.2) is 44.1 Å². The number of nitrogens with one attached hydrogen (secondary N) is 1. The summed E-state index contributed by atoms with van der Waals surface area (Å²) in [4.78, 5) is 11.8. The van der Waals surface area contributed by atoms with E-state index in [4.69, 9.17) is 16.3 Å². The maximum atomic E-state index is 12.7. The maximum absolute atomic E-state index is 12.7. The lowest BCUT2D eigenvalue weighted by Gasteiger charge is -2.32. The Bertz CT molecular complexity index is 731. The molecule has 6 nitrogen and oxygen atoms in total. The monoisotopic (exact) mass is 402 g/mol. The molecule has 8 heteroatoms. The predicted molar refractivity (Wildman–Crippen MR) is 103 cm³/mol. The molecule has 1 amide bonds. The molecule has 0 radical (unpaired) electrons. The van der Waals surface area contributed by atoms with Crippen LogP contribution >= 0.6 is 11.6 Å². The highest BCUT2D eigenvalue weighted by Crippen LogP contribution is 2.22. The molecule has 0 aliphatic carbocycles. The van der Waals surface area contributed by atoms with Gasteiger partial charge in [0.1, 0.15) is 5.60 Å². The van der Waals surface area contributed by atoms with Gasteiger partial charge < -0.3 is 10.1 Å². The number of halogens is 1. The first-order chi connectivity index (χ1) is 12.0. The molecule has 1 N–H and O–H groups in total. The molecule has 0 aromatic heterocycles. The normalized spacial score (nSPS) is 19.2. The summed E-state index contributed by atoms with van der Waals surface area (Å²) in [6.07, 6.45) is 1.17. The van der Waals surface area contributed by atoms with Crippen molar-refractivity contribution in [1.29, 1.82) is 0 Å². The first-order valence-electron chi connectivity index (χ1n) is 8.74. The Balaban J connectivity index is 1.91. The molecule has 146 valence electrons. The molecule has 1 heterocycles. The highest BCUT2D eigenvalue weighted by atomic mass is 35.5. The minimum Gasteiger partial charge on any atom is -0.444 e. The number of carbonyl (C=O) groups excluding carboxylic acids is 1. The van der Waals surface area contributed by atoms with Crippen LogP contribution in [0.2, 0.25) is 5.02 Å². The average molecular weight is 403 g/mol. The van der Waals surface area contributed by atoms with Gasteiger partial charge in [-0.15, -0.1) is 0 Å². The fourth-order valence-electron chi connectivity index (χ4n) is 2.92. The van der Waals surface area contributed by atoms with Gasteiger partial charge in [-0.3, -0.25) is 0 Å². The minimum atomic E-state index is -3.42. The molecule has 2 rings (SSSR count). The predicted octanol–water partition coefficient (Wildman–Crippen LogP) is 3.41. The van der Waals surface area contributed by atoms with Gasteiger partial charge in [0.15, 0.2) is 0 Å². The zero-order valence-electron chi connectivity index (χ0n) is 15.5. The lowest BCUT2D eigenvalue weighted by Crippen LogP contribution is -2.44. The van der Waals surface area contributed by atoms with Crippen molar-refractivity contribution in [2.45, 2.75) is 45.0 Å². The van der Waals surface area contributed by atoms with E-state index in [1.807, 2.05) is 0 Å². The highest BCUT2D eigenvalue weighted by Gasteiger charge is 2.29. The van der Waals surface area contributed by atoms with E-state index in [2.05, 4.69) is 5.32 Å². The molecule has 0 unspecified atom stereocenters. The summed E-state index contributed by atoms with van der Waals surface area (Å²) >= 11 is 5.94. The van der Waals surface area contributed by atoms with Gasteiger partial charge in [-0.25, -0.2) is 17.5 Å². The molecule has 1 aromatic carbocycles. The van der Waals surface area contributed by atoms with Gasteiger partial charge in [-0.2, -0.15) is 0 Å². The molecular weight excluding hydrogens is 376 g/mol. The van der Waals surface area contributed by atoms with Crippen molar-refractivity contribution >= 4 is 27.7 Å². The third-order valence-electron chi connectivity index (χ3n) is 4.05. The molecule has 0 bridgehead atoms. The topological polar surface area (TPSA) is 75.7 Å². The first-order valence-corrected chi connectivity index (χ1v) is 10.7. The Morgan fingerprint density at radius 3 is 2.77 bits per heavy atom. The summed E-state index contributed by atoms with van der Waals surface area (Å²) < 4.78 is 32.1. The molecule has 26 heavy (non-hydrogen) atoms. The molecule has 1 saturated heterocycles. The van der Waals surface area contributed by atoms with E-state index in [9.17, 15) is 13.2 Å². The zero-order valence-corrected chi connectivity index (χ0v) is 17.1. The van der Waals surface area contributed by atoms with E-state index in [1.54, 1.807) is 45.0 Å². The largest absolute Gasteiger partial charge is 0.444 e. The third kappa shape index (κ3) is 6.78. The Hall–Kier alpha value is -1.31. The number of amides is 1. The number of rotatable bonds is 5. The van der Waals surface area contributed by atoms with E-state index >= 15 is 0 Å². The van der Waals surface area contributed by atoms with Gasteiger partial charge in [0.05, 0.1) is 5.75 Å². The van der Waals surface area contributed by atoms with Gasteiger partial charge in [-0.1, -0.05) is 23.7 Å². The summed E-state index contributed by atoms with van der Waals surface area (Å²) in [6.45, 7) is 6.72.